The zero-order chi connectivity index (χ0) is 20.8. The zero-order valence-electron chi connectivity index (χ0n) is 16.8. The minimum atomic E-state index is -0.527. The monoisotopic (exact) mass is 417 g/mol. The third-order valence-corrected chi connectivity index (χ3v) is 5.43. The molecule has 0 unspecified atom stereocenters. The largest absolute Gasteiger partial charge is 0.483 e. The first kappa shape index (κ1) is 21.1. The van der Waals surface area contributed by atoms with E-state index in [-0.39, 0.29) is 12.5 Å². The average molecular weight is 418 g/mol. The SMILES string of the molecule is COC(=O)C1=C(C)NC(=S)N[C@@H]1c1ccccc1OCC(=O)N1CCCCCC1. The predicted octanol–water partition coefficient (Wildman–Crippen LogP) is 2.43. The van der Waals surface area contributed by atoms with E-state index < -0.39 is 12.0 Å². The fourth-order valence-electron chi connectivity index (χ4n) is 3.71. The number of likely N-dealkylation sites (tertiary alicyclic amines) is 1. The summed E-state index contributed by atoms with van der Waals surface area (Å²) in [7, 11) is 1.34. The molecule has 1 saturated heterocycles. The highest BCUT2D eigenvalue weighted by atomic mass is 32.1. The summed E-state index contributed by atoms with van der Waals surface area (Å²) in [5.41, 5.74) is 1.77. The molecule has 156 valence electrons. The van der Waals surface area contributed by atoms with Crippen LogP contribution in [0.5, 0.6) is 5.75 Å². The van der Waals surface area contributed by atoms with E-state index in [1.165, 1.54) is 7.11 Å². The summed E-state index contributed by atoms with van der Waals surface area (Å²) < 4.78 is 10.9. The molecule has 0 saturated carbocycles. The molecule has 3 rings (SSSR count). The second-order valence-corrected chi connectivity index (χ2v) is 7.59. The lowest BCUT2D eigenvalue weighted by Crippen LogP contribution is -2.45. The summed E-state index contributed by atoms with van der Waals surface area (Å²) in [6.07, 6.45) is 4.39. The van der Waals surface area contributed by atoms with Crippen molar-refractivity contribution in [2.24, 2.45) is 0 Å². The molecule has 7 nitrogen and oxygen atoms in total. The summed E-state index contributed by atoms with van der Waals surface area (Å²) in [6, 6.07) is 6.81. The number of nitrogens with one attached hydrogen (secondary N) is 2. The van der Waals surface area contributed by atoms with Gasteiger partial charge in [-0.1, -0.05) is 31.0 Å². The number of carbonyl (C=O) groups is 2. The van der Waals surface area contributed by atoms with Crippen molar-refractivity contribution in [1.82, 2.24) is 15.5 Å². The van der Waals surface area contributed by atoms with Crippen molar-refractivity contribution in [1.29, 1.82) is 0 Å². The molecule has 1 atom stereocenters. The normalized spacial score (nSPS) is 19.7. The number of amides is 1. The quantitative estimate of drug-likeness (QED) is 0.563. The highest BCUT2D eigenvalue weighted by Gasteiger charge is 2.32. The zero-order valence-corrected chi connectivity index (χ0v) is 17.6. The Morgan fingerprint density at radius 1 is 1.17 bits per heavy atom. The van der Waals surface area contributed by atoms with Crippen molar-refractivity contribution >= 4 is 29.2 Å². The number of rotatable bonds is 5. The maximum absolute atomic E-state index is 12.6. The van der Waals surface area contributed by atoms with Crippen LogP contribution in [-0.2, 0) is 14.3 Å². The Morgan fingerprint density at radius 3 is 2.55 bits per heavy atom. The number of methoxy groups -OCH3 is 1. The number of thiocarbonyl (C=S) groups is 1. The molecule has 1 amide bonds. The number of allylic oxidation sites excluding steroid dienone is 1. The van der Waals surface area contributed by atoms with Crippen molar-refractivity contribution in [2.45, 2.75) is 38.6 Å². The number of ether oxygens (including phenoxy) is 2. The summed E-state index contributed by atoms with van der Waals surface area (Å²) in [4.78, 5) is 26.9. The maximum Gasteiger partial charge on any atom is 0.337 e. The molecule has 0 radical (unpaired) electrons. The van der Waals surface area contributed by atoms with Crippen molar-refractivity contribution in [2.75, 3.05) is 26.8 Å². The van der Waals surface area contributed by atoms with E-state index >= 15 is 0 Å². The van der Waals surface area contributed by atoms with Crippen LogP contribution >= 0.6 is 12.2 Å². The highest BCUT2D eigenvalue weighted by molar-refractivity contribution is 7.80. The molecule has 8 heteroatoms. The van der Waals surface area contributed by atoms with Gasteiger partial charge >= 0.3 is 5.97 Å². The number of esters is 1. The Balaban J connectivity index is 1.80. The van der Waals surface area contributed by atoms with Gasteiger partial charge in [0.2, 0.25) is 0 Å². The summed E-state index contributed by atoms with van der Waals surface area (Å²) >= 11 is 5.27. The number of para-hydroxylation sites is 1. The first-order chi connectivity index (χ1) is 14.0. The maximum atomic E-state index is 12.6. The first-order valence-corrected chi connectivity index (χ1v) is 10.3. The van der Waals surface area contributed by atoms with Crippen LogP contribution in [0.4, 0.5) is 0 Å². The molecule has 0 aromatic heterocycles. The van der Waals surface area contributed by atoms with Gasteiger partial charge in [-0.3, -0.25) is 4.79 Å². The van der Waals surface area contributed by atoms with Gasteiger partial charge in [0.1, 0.15) is 5.75 Å². The molecule has 2 heterocycles. The third-order valence-electron chi connectivity index (χ3n) is 5.21. The number of benzene rings is 1. The lowest BCUT2D eigenvalue weighted by molar-refractivity contribution is -0.136. The van der Waals surface area contributed by atoms with E-state index in [9.17, 15) is 9.59 Å². The lowest BCUT2D eigenvalue weighted by Gasteiger charge is -2.30. The standard InChI is InChI=1S/C21H27N3O4S/c1-14-18(20(26)27-2)19(23-21(29)22-14)15-9-5-6-10-16(15)28-13-17(25)24-11-7-3-4-8-12-24/h5-6,9-10,19H,3-4,7-8,11-13H2,1-2H3,(H2,22,23,29)/t19-/m1/s1. The topological polar surface area (TPSA) is 79.9 Å². The third kappa shape index (κ3) is 5.06. The number of nitrogens with zero attached hydrogens (tertiary/aromatic N) is 1. The minimum Gasteiger partial charge on any atom is -0.483 e. The summed E-state index contributed by atoms with van der Waals surface area (Å²) in [5, 5.41) is 6.49. The first-order valence-electron chi connectivity index (χ1n) is 9.87. The Kier molecular flexibility index (Phi) is 7.09. The molecular weight excluding hydrogens is 390 g/mol. The van der Waals surface area contributed by atoms with Gasteiger partial charge in [0, 0.05) is 24.4 Å². The van der Waals surface area contributed by atoms with Gasteiger partial charge in [-0.2, -0.15) is 0 Å². The van der Waals surface area contributed by atoms with E-state index in [2.05, 4.69) is 10.6 Å². The molecule has 0 aliphatic carbocycles. The van der Waals surface area contributed by atoms with E-state index in [0.29, 0.717) is 22.1 Å². The Labute approximate surface area is 176 Å². The molecule has 1 aromatic rings. The smallest absolute Gasteiger partial charge is 0.337 e. The lowest BCUT2D eigenvalue weighted by atomic mass is 9.95. The van der Waals surface area contributed by atoms with Crippen LogP contribution in [0.15, 0.2) is 35.5 Å². The van der Waals surface area contributed by atoms with Crippen LogP contribution in [0.3, 0.4) is 0 Å². The molecule has 2 aliphatic rings. The van der Waals surface area contributed by atoms with E-state index in [1.807, 2.05) is 23.1 Å². The van der Waals surface area contributed by atoms with Crippen LogP contribution in [0.1, 0.15) is 44.2 Å². The van der Waals surface area contributed by atoms with Crippen molar-refractivity contribution in [3.8, 4) is 5.75 Å². The fraction of sp³-hybridized carbons (Fsp3) is 0.476. The Morgan fingerprint density at radius 2 is 1.86 bits per heavy atom. The van der Waals surface area contributed by atoms with Crippen LogP contribution in [0, 0.1) is 0 Å². The second-order valence-electron chi connectivity index (χ2n) is 7.18. The molecule has 1 aromatic carbocycles. The molecule has 2 N–H and O–H groups in total. The molecule has 2 aliphatic heterocycles. The predicted molar refractivity (Wildman–Crippen MR) is 113 cm³/mol. The molecule has 0 spiro atoms. The van der Waals surface area contributed by atoms with Gasteiger partial charge in [0.25, 0.3) is 5.91 Å². The van der Waals surface area contributed by atoms with Gasteiger partial charge in [0.15, 0.2) is 11.7 Å². The van der Waals surface area contributed by atoms with E-state index in [0.717, 1.165) is 44.3 Å². The van der Waals surface area contributed by atoms with E-state index in [1.54, 1.807) is 13.0 Å². The second kappa shape index (κ2) is 9.73. The highest BCUT2D eigenvalue weighted by Crippen LogP contribution is 2.33. The minimum absolute atomic E-state index is 0.0181. The van der Waals surface area contributed by atoms with Crippen LogP contribution in [0.2, 0.25) is 0 Å². The summed E-state index contributed by atoms with van der Waals surface area (Å²) in [6.45, 7) is 3.30. The number of carbonyl (C=O) groups excluding carboxylic acids is 2. The van der Waals surface area contributed by atoms with Gasteiger partial charge in [-0.25, -0.2) is 4.79 Å². The molecule has 0 bridgehead atoms. The van der Waals surface area contributed by atoms with Crippen LogP contribution in [0.25, 0.3) is 0 Å². The van der Waals surface area contributed by atoms with Gasteiger partial charge in [-0.05, 0) is 38.0 Å². The van der Waals surface area contributed by atoms with Crippen LogP contribution < -0.4 is 15.4 Å². The number of hydrogen-bond donors (Lipinski definition) is 2. The Hall–Kier alpha value is -2.61. The molecular formula is C21H27N3O4S. The van der Waals surface area contributed by atoms with Crippen LogP contribution in [-0.4, -0.2) is 48.7 Å². The Bertz CT molecular complexity index is 816. The van der Waals surface area contributed by atoms with E-state index in [4.69, 9.17) is 21.7 Å². The van der Waals surface area contributed by atoms with Crippen molar-refractivity contribution in [3.63, 3.8) is 0 Å². The molecule has 29 heavy (non-hydrogen) atoms. The number of hydrogen-bond acceptors (Lipinski definition) is 5. The average Bonchev–Trinajstić information content (AvgIpc) is 3.01. The van der Waals surface area contributed by atoms with Crippen molar-refractivity contribution < 1.29 is 19.1 Å². The van der Waals surface area contributed by atoms with Gasteiger partial charge < -0.3 is 25.0 Å². The fourth-order valence-corrected chi connectivity index (χ4v) is 3.98. The molecule has 1 fully saturated rings. The van der Waals surface area contributed by atoms with Gasteiger partial charge in [-0.15, -0.1) is 0 Å². The van der Waals surface area contributed by atoms with Gasteiger partial charge in [0.05, 0.1) is 18.7 Å². The van der Waals surface area contributed by atoms with Crippen molar-refractivity contribution in [3.05, 3.63) is 41.1 Å². The summed E-state index contributed by atoms with van der Waals surface area (Å²) in [5.74, 6) is 0.0629.